The molecular weight excluding hydrogens is 288 g/mol. The van der Waals surface area contributed by atoms with Crippen LogP contribution < -0.4 is 5.73 Å². The molecule has 0 aliphatic rings. The molecule has 2 N–H and O–H groups in total. The Kier molecular flexibility index (Phi) is 5.03. The third-order valence-corrected chi connectivity index (χ3v) is 4.75. The average Bonchev–Trinajstić information content (AvgIpc) is 2.33. The van der Waals surface area contributed by atoms with Crippen LogP contribution in [0.1, 0.15) is 20.3 Å². The predicted molar refractivity (Wildman–Crippen MR) is 70.0 cm³/mol. The van der Waals surface area contributed by atoms with Crippen LogP contribution in [0.4, 0.5) is 14.5 Å². The average molecular weight is 303 g/mol. The van der Waals surface area contributed by atoms with E-state index < -0.39 is 38.3 Å². The molecule has 0 amide bonds. The van der Waals surface area contributed by atoms with Gasteiger partial charge in [-0.25, -0.2) is 17.2 Å². The molecule has 1 rings (SSSR count). The van der Waals surface area contributed by atoms with Gasteiger partial charge in [0, 0.05) is 25.1 Å². The second-order valence-corrected chi connectivity index (χ2v) is 6.28. The van der Waals surface area contributed by atoms with E-state index in [1.165, 1.54) is 0 Å². The van der Waals surface area contributed by atoms with Gasteiger partial charge in [-0.1, -0.05) is 0 Å². The van der Waals surface area contributed by atoms with Crippen molar-refractivity contribution in [3.05, 3.63) is 23.8 Å². The Labute approximate surface area is 116 Å². The van der Waals surface area contributed by atoms with E-state index in [-0.39, 0.29) is 13.0 Å². The lowest BCUT2D eigenvalue weighted by atomic mass is 10.3. The van der Waals surface area contributed by atoms with Gasteiger partial charge in [-0.05, 0) is 19.9 Å². The molecule has 1 aromatic carbocycles. The SMILES string of the molecule is CC(C)N(CCC#N)S(=O)(=O)c1cc(N)c(F)cc1F. The molecule has 0 atom stereocenters. The Balaban J connectivity index is 3.34. The highest BCUT2D eigenvalue weighted by atomic mass is 32.2. The molecule has 1 aromatic rings. The van der Waals surface area contributed by atoms with Crippen molar-refractivity contribution in [3.8, 4) is 6.07 Å². The van der Waals surface area contributed by atoms with Gasteiger partial charge in [-0.3, -0.25) is 0 Å². The van der Waals surface area contributed by atoms with Gasteiger partial charge in [0.25, 0.3) is 0 Å². The van der Waals surface area contributed by atoms with Crippen LogP contribution in [0, 0.1) is 23.0 Å². The Hall–Kier alpha value is -1.72. The summed E-state index contributed by atoms with van der Waals surface area (Å²) in [6.45, 7) is 3.12. The van der Waals surface area contributed by atoms with Gasteiger partial charge in [-0.2, -0.15) is 9.57 Å². The summed E-state index contributed by atoms with van der Waals surface area (Å²) < 4.78 is 52.5. The lowest BCUT2D eigenvalue weighted by Crippen LogP contribution is -2.38. The van der Waals surface area contributed by atoms with Crippen molar-refractivity contribution in [1.29, 1.82) is 5.26 Å². The summed E-state index contributed by atoms with van der Waals surface area (Å²) >= 11 is 0. The minimum Gasteiger partial charge on any atom is -0.396 e. The number of rotatable bonds is 5. The van der Waals surface area contributed by atoms with Crippen molar-refractivity contribution in [3.63, 3.8) is 0 Å². The lowest BCUT2D eigenvalue weighted by Gasteiger charge is -2.25. The molecule has 0 bridgehead atoms. The van der Waals surface area contributed by atoms with Crippen molar-refractivity contribution in [2.24, 2.45) is 0 Å². The summed E-state index contributed by atoms with van der Waals surface area (Å²) in [4.78, 5) is -0.692. The minimum absolute atomic E-state index is 0.0320. The van der Waals surface area contributed by atoms with Crippen molar-refractivity contribution >= 4 is 15.7 Å². The fourth-order valence-corrected chi connectivity index (χ4v) is 3.41. The summed E-state index contributed by atoms with van der Waals surface area (Å²) in [5.41, 5.74) is 4.84. The molecule has 0 aliphatic heterocycles. The molecule has 110 valence electrons. The van der Waals surface area contributed by atoms with Crippen LogP contribution in [0.15, 0.2) is 17.0 Å². The van der Waals surface area contributed by atoms with Crippen LogP contribution in [-0.4, -0.2) is 25.3 Å². The van der Waals surface area contributed by atoms with Gasteiger partial charge in [0.05, 0.1) is 11.8 Å². The first-order valence-corrected chi connectivity index (χ1v) is 7.29. The van der Waals surface area contributed by atoms with E-state index in [1.54, 1.807) is 13.8 Å². The highest BCUT2D eigenvalue weighted by Crippen LogP contribution is 2.25. The monoisotopic (exact) mass is 303 g/mol. The van der Waals surface area contributed by atoms with Crippen molar-refractivity contribution in [1.82, 2.24) is 4.31 Å². The fraction of sp³-hybridized carbons (Fsp3) is 0.417. The van der Waals surface area contributed by atoms with Gasteiger partial charge in [0.1, 0.15) is 16.5 Å². The number of nitrogens with two attached hydrogens (primary N) is 1. The summed E-state index contributed by atoms with van der Waals surface area (Å²) in [6.07, 6.45) is -0.0320. The highest BCUT2D eigenvalue weighted by Gasteiger charge is 2.30. The second kappa shape index (κ2) is 6.15. The molecule has 8 heteroatoms. The minimum atomic E-state index is -4.18. The van der Waals surface area contributed by atoms with E-state index in [0.717, 1.165) is 10.4 Å². The number of nitrogen functional groups attached to an aromatic ring is 1. The fourth-order valence-electron chi connectivity index (χ4n) is 1.68. The third-order valence-electron chi connectivity index (χ3n) is 2.66. The number of hydrogen-bond donors (Lipinski definition) is 1. The Morgan fingerprint density at radius 2 is 1.95 bits per heavy atom. The van der Waals surface area contributed by atoms with Gasteiger partial charge < -0.3 is 5.73 Å². The van der Waals surface area contributed by atoms with Gasteiger partial charge >= 0.3 is 0 Å². The van der Waals surface area contributed by atoms with Crippen molar-refractivity contribution < 1.29 is 17.2 Å². The second-order valence-electron chi connectivity index (χ2n) is 4.42. The maximum atomic E-state index is 13.7. The Bertz CT molecular complexity index is 639. The molecule has 20 heavy (non-hydrogen) atoms. The smallest absolute Gasteiger partial charge is 0.246 e. The topological polar surface area (TPSA) is 87.2 Å². The Morgan fingerprint density at radius 1 is 1.35 bits per heavy atom. The van der Waals surface area contributed by atoms with Crippen LogP contribution >= 0.6 is 0 Å². The third kappa shape index (κ3) is 3.23. The van der Waals surface area contributed by atoms with Gasteiger partial charge in [-0.15, -0.1) is 0 Å². The zero-order valence-electron chi connectivity index (χ0n) is 11.1. The van der Waals surface area contributed by atoms with Gasteiger partial charge in [0.2, 0.25) is 10.0 Å². The molecule has 0 aromatic heterocycles. The number of halogens is 2. The van der Waals surface area contributed by atoms with E-state index in [4.69, 9.17) is 11.0 Å². The van der Waals surface area contributed by atoms with Crippen LogP contribution in [0.2, 0.25) is 0 Å². The number of nitrogens with zero attached hydrogens (tertiary/aromatic N) is 2. The molecule has 0 saturated carbocycles. The molecule has 0 aliphatic carbocycles. The molecule has 0 spiro atoms. The summed E-state index contributed by atoms with van der Waals surface area (Å²) in [7, 11) is -4.18. The summed E-state index contributed by atoms with van der Waals surface area (Å²) in [5, 5.41) is 8.55. The van der Waals surface area contributed by atoms with E-state index in [1.807, 2.05) is 6.07 Å². The summed E-state index contributed by atoms with van der Waals surface area (Å²) in [6, 6.07) is 2.54. The van der Waals surface area contributed by atoms with E-state index >= 15 is 0 Å². The Morgan fingerprint density at radius 3 is 2.45 bits per heavy atom. The standard InChI is InChI=1S/C12H15F2N3O2S/c1-8(2)17(5-3-4-15)20(18,19)12-7-11(16)9(13)6-10(12)14/h6-8H,3,5,16H2,1-2H3. The maximum absolute atomic E-state index is 13.7. The first-order chi connectivity index (χ1) is 9.21. The normalized spacial score (nSPS) is 11.8. The van der Waals surface area contributed by atoms with Crippen LogP contribution in [0.5, 0.6) is 0 Å². The van der Waals surface area contributed by atoms with Crippen LogP contribution in [0.3, 0.4) is 0 Å². The van der Waals surface area contributed by atoms with Crippen LogP contribution in [-0.2, 0) is 10.0 Å². The summed E-state index contributed by atoms with van der Waals surface area (Å²) in [5.74, 6) is -2.23. The quantitative estimate of drug-likeness (QED) is 0.841. The number of hydrogen-bond acceptors (Lipinski definition) is 4. The number of nitriles is 1. The van der Waals surface area contributed by atoms with Crippen molar-refractivity contribution in [2.75, 3.05) is 12.3 Å². The molecule has 0 heterocycles. The zero-order valence-corrected chi connectivity index (χ0v) is 11.9. The maximum Gasteiger partial charge on any atom is 0.246 e. The van der Waals surface area contributed by atoms with Gasteiger partial charge in [0.15, 0.2) is 0 Å². The highest BCUT2D eigenvalue weighted by molar-refractivity contribution is 7.89. The van der Waals surface area contributed by atoms with E-state index in [0.29, 0.717) is 6.07 Å². The number of benzene rings is 1. The molecule has 0 unspecified atom stereocenters. The number of sulfonamides is 1. The molecule has 0 fully saturated rings. The predicted octanol–water partition coefficient (Wildman–Crippen LogP) is 1.86. The first kappa shape index (κ1) is 16.3. The number of anilines is 1. The molecule has 0 saturated heterocycles. The first-order valence-electron chi connectivity index (χ1n) is 5.85. The van der Waals surface area contributed by atoms with E-state index in [9.17, 15) is 17.2 Å². The largest absolute Gasteiger partial charge is 0.396 e. The van der Waals surface area contributed by atoms with Crippen LogP contribution in [0.25, 0.3) is 0 Å². The molecular formula is C12H15F2N3O2S. The molecule has 5 nitrogen and oxygen atoms in total. The lowest BCUT2D eigenvalue weighted by molar-refractivity contribution is 0.358. The van der Waals surface area contributed by atoms with Crippen molar-refractivity contribution in [2.45, 2.75) is 31.2 Å². The zero-order chi connectivity index (χ0) is 15.5. The van der Waals surface area contributed by atoms with E-state index in [2.05, 4.69) is 0 Å². The molecule has 0 radical (unpaired) electrons.